The first-order valence-corrected chi connectivity index (χ1v) is 11.4. The summed E-state index contributed by atoms with van der Waals surface area (Å²) in [5, 5.41) is 14.6. The lowest BCUT2D eigenvalue weighted by molar-refractivity contribution is -0.116. The van der Waals surface area contributed by atoms with Crippen LogP contribution in [0.1, 0.15) is 41.1 Å². The van der Waals surface area contributed by atoms with Crippen LogP contribution in [0.3, 0.4) is 0 Å². The van der Waals surface area contributed by atoms with Crippen LogP contribution >= 0.6 is 35.0 Å². The van der Waals surface area contributed by atoms with Gasteiger partial charge in [0.2, 0.25) is 0 Å². The number of pyridine rings is 1. The van der Waals surface area contributed by atoms with Gasteiger partial charge in [0.1, 0.15) is 0 Å². The first kappa shape index (κ1) is 21.6. The monoisotopic (exact) mass is 469 g/mol. The van der Waals surface area contributed by atoms with Crippen LogP contribution in [-0.4, -0.2) is 22.3 Å². The summed E-state index contributed by atoms with van der Waals surface area (Å²) in [5.41, 5.74) is 3.04. The second kappa shape index (κ2) is 9.27. The zero-order chi connectivity index (χ0) is 22.0. The molecule has 0 fully saturated rings. The smallest absolute Gasteiger partial charge is 0.174 e. The molecule has 8 heteroatoms. The van der Waals surface area contributed by atoms with Crippen molar-refractivity contribution >= 4 is 46.5 Å². The Morgan fingerprint density at radius 2 is 2.13 bits per heavy atom. The zero-order valence-corrected chi connectivity index (χ0v) is 18.7. The van der Waals surface area contributed by atoms with Crippen LogP contribution in [0.4, 0.5) is 0 Å². The van der Waals surface area contributed by atoms with Gasteiger partial charge in [-0.3, -0.25) is 14.6 Å². The maximum Gasteiger partial charge on any atom is 0.174 e. The van der Waals surface area contributed by atoms with Gasteiger partial charge >= 0.3 is 0 Å². The van der Waals surface area contributed by atoms with Gasteiger partial charge in [-0.1, -0.05) is 41.0 Å². The highest BCUT2D eigenvalue weighted by Crippen LogP contribution is 2.43. The average Bonchev–Trinajstić information content (AvgIpc) is 2.77. The number of nitrogens with zero attached hydrogens (tertiary/aromatic N) is 2. The average molecular weight is 470 g/mol. The van der Waals surface area contributed by atoms with Gasteiger partial charge < -0.3 is 5.32 Å². The number of carbonyl (C=O) groups excluding carboxylic acids is 2. The van der Waals surface area contributed by atoms with E-state index in [0.29, 0.717) is 38.2 Å². The van der Waals surface area contributed by atoms with Crippen molar-refractivity contribution < 1.29 is 9.59 Å². The molecule has 2 aliphatic rings. The summed E-state index contributed by atoms with van der Waals surface area (Å²) >= 11 is 13.3. The van der Waals surface area contributed by atoms with Crippen molar-refractivity contribution in [1.29, 1.82) is 5.26 Å². The Kier molecular flexibility index (Phi) is 6.47. The molecule has 31 heavy (non-hydrogen) atoms. The Labute approximate surface area is 194 Å². The van der Waals surface area contributed by atoms with Crippen LogP contribution in [0.5, 0.6) is 0 Å². The number of nitriles is 1. The van der Waals surface area contributed by atoms with Crippen LogP contribution in [0, 0.1) is 11.3 Å². The fourth-order valence-corrected chi connectivity index (χ4v) is 5.31. The second-order valence-electron chi connectivity index (χ2n) is 7.20. The van der Waals surface area contributed by atoms with Crippen molar-refractivity contribution in [3.8, 4) is 6.07 Å². The molecule has 0 spiro atoms. The third kappa shape index (κ3) is 4.40. The number of benzene rings is 1. The number of hydrogen-bond donors (Lipinski definition) is 1. The number of hydrogen-bond acceptors (Lipinski definition) is 6. The van der Waals surface area contributed by atoms with E-state index in [1.165, 1.54) is 17.8 Å². The summed E-state index contributed by atoms with van der Waals surface area (Å²) in [5.74, 6) is -0.524. The SMILES string of the molecule is N#CC1=C(SCC(=O)c2ccc(Cl)cc2Cl)NC2=C(C(=O)CCC2)[C@H]1c1cccnc1. The molecule has 2 heterocycles. The molecule has 1 aliphatic heterocycles. The summed E-state index contributed by atoms with van der Waals surface area (Å²) in [6, 6.07) is 10.7. The molecule has 0 saturated carbocycles. The summed E-state index contributed by atoms with van der Waals surface area (Å²) < 4.78 is 0. The lowest BCUT2D eigenvalue weighted by Crippen LogP contribution is -2.31. The standard InChI is InChI=1S/C23H17Cl2N3O2S/c24-14-6-7-15(17(25)9-14)20(30)12-31-23-16(10-26)21(13-3-2-8-27-11-13)22-18(28-23)4-1-5-19(22)29/h2-3,6-9,11,21,28H,1,4-5,12H2/t21-/m0/s1. The quantitative estimate of drug-likeness (QED) is 0.587. The normalized spacial score (nSPS) is 18.4. The van der Waals surface area contributed by atoms with E-state index < -0.39 is 5.92 Å². The number of dihydropyridines is 1. The molecule has 1 aromatic carbocycles. The van der Waals surface area contributed by atoms with Gasteiger partial charge in [-0.15, -0.1) is 0 Å². The summed E-state index contributed by atoms with van der Waals surface area (Å²) in [6.45, 7) is 0. The number of allylic oxidation sites excluding steroid dienone is 3. The molecule has 1 aromatic heterocycles. The molecule has 0 radical (unpaired) electrons. The van der Waals surface area contributed by atoms with Crippen molar-refractivity contribution in [2.24, 2.45) is 0 Å². The number of halogens is 2. The van der Waals surface area contributed by atoms with Crippen molar-refractivity contribution in [3.63, 3.8) is 0 Å². The molecule has 0 bridgehead atoms. The fourth-order valence-electron chi connectivity index (χ4n) is 3.85. The van der Waals surface area contributed by atoms with Gasteiger partial charge in [-0.05, 0) is 42.7 Å². The van der Waals surface area contributed by atoms with Gasteiger partial charge in [0, 0.05) is 40.7 Å². The molecule has 1 N–H and O–H groups in total. The number of rotatable bonds is 5. The Bertz CT molecular complexity index is 1170. The zero-order valence-electron chi connectivity index (χ0n) is 16.3. The predicted octanol–water partition coefficient (Wildman–Crippen LogP) is 5.43. The van der Waals surface area contributed by atoms with Crippen LogP contribution in [0.25, 0.3) is 0 Å². The van der Waals surface area contributed by atoms with E-state index in [1.807, 2.05) is 6.07 Å². The van der Waals surface area contributed by atoms with E-state index in [4.69, 9.17) is 23.2 Å². The second-order valence-corrected chi connectivity index (χ2v) is 9.03. The minimum absolute atomic E-state index is 0.0448. The van der Waals surface area contributed by atoms with Crippen molar-refractivity contribution in [3.05, 3.63) is 85.8 Å². The van der Waals surface area contributed by atoms with Gasteiger partial charge in [0.25, 0.3) is 0 Å². The van der Waals surface area contributed by atoms with E-state index in [-0.39, 0.29) is 17.3 Å². The van der Waals surface area contributed by atoms with Crippen molar-refractivity contribution in [1.82, 2.24) is 10.3 Å². The molecule has 1 aliphatic carbocycles. The molecular formula is C23H17Cl2N3O2S. The van der Waals surface area contributed by atoms with Crippen LogP contribution in [0.2, 0.25) is 10.0 Å². The lowest BCUT2D eigenvalue weighted by Gasteiger charge is -2.33. The van der Waals surface area contributed by atoms with Crippen LogP contribution < -0.4 is 5.32 Å². The number of nitrogens with one attached hydrogen (secondary N) is 1. The number of thioether (sulfide) groups is 1. The highest BCUT2D eigenvalue weighted by Gasteiger charge is 2.37. The Morgan fingerprint density at radius 1 is 1.29 bits per heavy atom. The molecule has 5 nitrogen and oxygen atoms in total. The third-order valence-electron chi connectivity index (χ3n) is 5.26. The fraction of sp³-hybridized carbons (Fsp3) is 0.217. The Hall–Kier alpha value is -2.59. The summed E-state index contributed by atoms with van der Waals surface area (Å²) in [6.07, 6.45) is 5.27. The first-order valence-electron chi connectivity index (χ1n) is 9.68. The topological polar surface area (TPSA) is 82.9 Å². The van der Waals surface area contributed by atoms with E-state index in [9.17, 15) is 14.9 Å². The maximum absolute atomic E-state index is 12.8. The van der Waals surface area contributed by atoms with Crippen molar-refractivity contribution in [2.45, 2.75) is 25.2 Å². The van der Waals surface area contributed by atoms with Crippen LogP contribution in [-0.2, 0) is 4.79 Å². The minimum Gasteiger partial charge on any atom is -0.352 e. The third-order valence-corrected chi connectivity index (χ3v) is 6.82. The lowest BCUT2D eigenvalue weighted by atomic mass is 9.77. The number of ketones is 2. The molecule has 0 saturated heterocycles. The van der Waals surface area contributed by atoms with Gasteiger partial charge in [0.05, 0.1) is 33.4 Å². The summed E-state index contributed by atoms with van der Waals surface area (Å²) in [4.78, 5) is 29.7. The van der Waals surface area contributed by atoms with Crippen LogP contribution in [0.15, 0.2) is 64.6 Å². The number of aromatic nitrogens is 1. The Balaban J connectivity index is 1.67. The minimum atomic E-state index is -0.487. The molecule has 0 unspecified atom stereocenters. The molecule has 1 atom stereocenters. The van der Waals surface area contributed by atoms with Gasteiger partial charge in [0.15, 0.2) is 11.6 Å². The largest absolute Gasteiger partial charge is 0.352 e. The highest BCUT2D eigenvalue weighted by molar-refractivity contribution is 8.03. The van der Waals surface area contributed by atoms with Gasteiger partial charge in [-0.2, -0.15) is 5.26 Å². The number of carbonyl (C=O) groups is 2. The Morgan fingerprint density at radius 3 is 2.84 bits per heavy atom. The van der Waals surface area contributed by atoms with Crippen molar-refractivity contribution in [2.75, 3.05) is 5.75 Å². The number of Topliss-reactive ketones (excluding diaryl/α,β-unsaturated/α-hetero) is 2. The maximum atomic E-state index is 12.8. The van der Waals surface area contributed by atoms with E-state index in [0.717, 1.165) is 24.1 Å². The molecule has 2 aromatic rings. The first-order chi connectivity index (χ1) is 15.0. The van der Waals surface area contributed by atoms with E-state index in [2.05, 4.69) is 16.4 Å². The van der Waals surface area contributed by atoms with E-state index >= 15 is 0 Å². The summed E-state index contributed by atoms with van der Waals surface area (Å²) in [7, 11) is 0. The molecule has 156 valence electrons. The predicted molar refractivity (Wildman–Crippen MR) is 122 cm³/mol. The highest BCUT2D eigenvalue weighted by atomic mass is 35.5. The molecule has 4 rings (SSSR count). The van der Waals surface area contributed by atoms with Gasteiger partial charge in [-0.25, -0.2) is 0 Å². The molecule has 0 amide bonds. The van der Waals surface area contributed by atoms with E-state index in [1.54, 1.807) is 30.6 Å². The molecular weight excluding hydrogens is 453 g/mol.